The highest BCUT2D eigenvalue weighted by Crippen LogP contribution is 2.64. The summed E-state index contributed by atoms with van der Waals surface area (Å²) in [6.45, 7) is 4.18. The first-order chi connectivity index (χ1) is 6.57. The van der Waals surface area contributed by atoms with E-state index in [1.165, 1.54) is 12.8 Å². The number of rotatable bonds is 0. The average molecular weight is 186 g/mol. The first-order valence-corrected chi connectivity index (χ1v) is 5.23. The van der Waals surface area contributed by atoms with Crippen molar-refractivity contribution in [1.29, 1.82) is 0 Å². The lowest BCUT2D eigenvalue weighted by atomic mass is 9.65. The van der Waals surface area contributed by atoms with Gasteiger partial charge in [-0.25, -0.2) is 0 Å². The van der Waals surface area contributed by atoms with Crippen LogP contribution in [0.25, 0.3) is 0 Å². The average Bonchev–Trinajstić information content (AvgIpc) is 2.75. The molecule has 1 nitrogen and oxygen atoms in total. The molecule has 1 heteroatoms. The fourth-order valence-electron chi connectivity index (χ4n) is 2.71. The van der Waals surface area contributed by atoms with Crippen molar-refractivity contribution in [3.8, 4) is 0 Å². The minimum atomic E-state index is -0.186. The summed E-state index contributed by atoms with van der Waals surface area (Å²) in [6, 6.07) is 0. The quantitative estimate of drug-likeness (QED) is 0.568. The molecular formula is C13H14O. The third-order valence-electron chi connectivity index (χ3n) is 4.13. The van der Waals surface area contributed by atoms with Gasteiger partial charge in [0.05, 0.1) is 0 Å². The maximum atomic E-state index is 12.2. The molecule has 0 saturated heterocycles. The van der Waals surface area contributed by atoms with E-state index in [2.05, 4.69) is 26.0 Å². The van der Waals surface area contributed by atoms with E-state index >= 15 is 0 Å². The summed E-state index contributed by atoms with van der Waals surface area (Å²) in [4.78, 5) is 12.2. The molecule has 0 N–H and O–H groups in total. The number of allylic oxidation sites excluding steroid dienone is 6. The molecule has 0 aliphatic heterocycles. The highest BCUT2D eigenvalue weighted by Gasteiger charge is 2.59. The zero-order chi connectivity index (χ0) is 9.97. The van der Waals surface area contributed by atoms with Crippen molar-refractivity contribution in [2.24, 2.45) is 10.8 Å². The zero-order valence-corrected chi connectivity index (χ0v) is 8.63. The van der Waals surface area contributed by atoms with Crippen LogP contribution in [0.4, 0.5) is 0 Å². The molecule has 1 spiro atoms. The molecule has 1 saturated carbocycles. The number of carbonyl (C=O) groups is 1. The van der Waals surface area contributed by atoms with Crippen LogP contribution < -0.4 is 0 Å². The van der Waals surface area contributed by atoms with Gasteiger partial charge in [-0.3, -0.25) is 4.79 Å². The molecule has 0 heterocycles. The predicted molar refractivity (Wildman–Crippen MR) is 55.8 cm³/mol. The number of Topliss-reactive ketones (excluding diaryl/α,β-unsaturated/α-hetero) is 1. The SMILES string of the molecule is CC1(C)C(=O)C2=CC=CC2=CC12CC2. The van der Waals surface area contributed by atoms with Crippen molar-refractivity contribution < 1.29 is 4.79 Å². The standard InChI is InChI=1S/C13H14O/c1-12(2)11(14)10-5-3-4-9(10)8-13(12)6-7-13/h3-5,8H,6-7H2,1-2H3. The number of ketones is 1. The maximum Gasteiger partial charge on any atom is 0.169 e. The van der Waals surface area contributed by atoms with E-state index in [4.69, 9.17) is 0 Å². The Kier molecular flexibility index (Phi) is 1.24. The minimum Gasteiger partial charge on any atom is -0.294 e. The first kappa shape index (κ1) is 8.22. The van der Waals surface area contributed by atoms with Crippen molar-refractivity contribution in [3.05, 3.63) is 35.5 Å². The van der Waals surface area contributed by atoms with Crippen LogP contribution in [0.1, 0.15) is 26.7 Å². The van der Waals surface area contributed by atoms with Gasteiger partial charge in [-0.15, -0.1) is 0 Å². The van der Waals surface area contributed by atoms with Crippen LogP contribution in [0.3, 0.4) is 0 Å². The Morgan fingerprint density at radius 2 is 2.00 bits per heavy atom. The van der Waals surface area contributed by atoms with Crippen molar-refractivity contribution in [2.45, 2.75) is 26.7 Å². The van der Waals surface area contributed by atoms with Crippen molar-refractivity contribution in [2.75, 3.05) is 0 Å². The molecule has 14 heavy (non-hydrogen) atoms. The lowest BCUT2D eigenvalue weighted by Crippen LogP contribution is -2.38. The molecule has 0 atom stereocenters. The highest BCUT2D eigenvalue weighted by molar-refractivity contribution is 6.07. The summed E-state index contributed by atoms with van der Waals surface area (Å²) in [7, 11) is 0. The third-order valence-corrected chi connectivity index (χ3v) is 4.13. The number of carbonyl (C=O) groups excluding carboxylic acids is 1. The molecule has 72 valence electrons. The molecule has 0 aromatic heterocycles. The zero-order valence-electron chi connectivity index (χ0n) is 8.63. The molecule has 0 unspecified atom stereocenters. The lowest BCUT2D eigenvalue weighted by Gasteiger charge is -2.36. The number of hydrogen-bond acceptors (Lipinski definition) is 1. The van der Waals surface area contributed by atoms with E-state index in [1.807, 2.05) is 12.2 Å². The third kappa shape index (κ3) is 0.742. The van der Waals surface area contributed by atoms with Gasteiger partial charge < -0.3 is 0 Å². The van der Waals surface area contributed by atoms with Crippen LogP contribution in [0.2, 0.25) is 0 Å². The summed E-state index contributed by atoms with van der Waals surface area (Å²) >= 11 is 0. The van der Waals surface area contributed by atoms with E-state index in [9.17, 15) is 4.79 Å². The van der Waals surface area contributed by atoms with Gasteiger partial charge in [-0.05, 0) is 18.4 Å². The van der Waals surface area contributed by atoms with Gasteiger partial charge in [-0.1, -0.05) is 38.2 Å². The fourth-order valence-corrected chi connectivity index (χ4v) is 2.71. The van der Waals surface area contributed by atoms with Crippen LogP contribution in [0.15, 0.2) is 35.5 Å². The van der Waals surface area contributed by atoms with Crippen LogP contribution in [-0.4, -0.2) is 5.78 Å². The second kappa shape index (κ2) is 2.10. The molecule has 0 bridgehead atoms. The van der Waals surface area contributed by atoms with Crippen LogP contribution in [-0.2, 0) is 4.79 Å². The Morgan fingerprint density at radius 3 is 2.64 bits per heavy atom. The first-order valence-electron chi connectivity index (χ1n) is 5.23. The van der Waals surface area contributed by atoms with E-state index in [1.54, 1.807) is 0 Å². The normalized spacial score (nSPS) is 30.0. The predicted octanol–water partition coefficient (Wildman–Crippen LogP) is 2.80. The summed E-state index contributed by atoms with van der Waals surface area (Å²) in [5.74, 6) is 0.331. The Bertz CT molecular complexity index is 415. The Hall–Kier alpha value is -1.11. The molecular weight excluding hydrogens is 172 g/mol. The second-order valence-electron chi connectivity index (χ2n) is 5.15. The van der Waals surface area contributed by atoms with Gasteiger partial charge in [0.25, 0.3) is 0 Å². The Labute approximate surface area is 84.2 Å². The van der Waals surface area contributed by atoms with Crippen molar-refractivity contribution >= 4 is 5.78 Å². The number of hydrogen-bond donors (Lipinski definition) is 0. The summed E-state index contributed by atoms with van der Waals surface area (Å²) in [5, 5.41) is 0. The maximum absolute atomic E-state index is 12.2. The van der Waals surface area contributed by atoms with E-state index in [0.717, 1.165) is 11.1 Å². The second-order valence-corrected chi connectivity index (χ2v) is 5.15. The largest absolute Gasteiger partial charge is 0.294 e. The Balaban J connectivity index is 2.21. The summed E-state index contributed by atoms with van der Waals surface area (Å²) in [6.07, 6.45) is 10.7. The molecule has 1 fully saturated rings. The van der Waals surface area contributed by atoms with E-state index in [-0.39, 0.29) is 10.8 Å². The van der Waals surface area contributed by atoms with Crippen molar-refractivity contribution in [1.82, 2.24) is 0 Å². The van der Waals surface area contributed by atoms with Gasteiger partial charge in [0.2, 0.25) is 0 Å². The lowest BCUT2D eigenvalue weighted by molar-refractivity contribution is -0.125. The van der Waals surface area contributed by atoms with Crippen molar-refractivity contribution in [3.63, 3.8) is 0 Å². The molecule has 3 aliphatic rings. The smallest absolute Gasteiger partial charge is 0.169 e. The highest BCUT2D eigenvalue weighted by atomic mass is 16.1. The van der Waals surface area contributed by atoms with Gasteiger partial charge in [0.15, 0.2) is 5.78 Å². The van der Waals surface area contributed by atoms with Gasteiger partial charge in [0.1, 0.15) is 0 Å². The summed E-state index contributed by atoms with van der Waals surface area (Å²) in [5.41, 5.74) is 2.08. The van der Waals surface area contributed by atoms with Crippen LogP contribution in [0, 0.1) is 10.8 Å². The van der Waals surface area contributed by atoms with Gasteiger partial charge in [0, 0.05) is 16.4 Å². The molecule has 0 aromatic rings. The fraction of sp³-hybridized carbons (Fsp3) is 0.462. The monoisotopic (exact) mass is 186 g/mol. The van der Waals surface area contributed by atoms with Gasteiger partial charge in [-0.2, -0.15) is 0 Å². The molecule has 0 aromatic carbocycles. The molecule has 3 rings (SSSR count). The number of fused-ring (bicyclic) bond motifs is 1. The topological polar surface area (TPSA) is 17.1 Å². The van der Waals surface area contributed by atoms with E-state index < -0.39 is 0 Å². The van der Waals surface area contributed by atoms with Crippen LogP contribution >= 0.6 is 0 Å². The minimum absolute atomic E-state index is 0.186. The van der Waals surface area contributed by atoms with Crippen LogP contribution in [0.5, 0.6) is 0 Å². The van der Waals surface area contributed by atoms with Gasteiger partial charge >= 0.3 is 0 Å². The molecule has 0 amide bonds. The molecule has 0 radical (unpaired) electrons. The molecule has 3 aliphatic carbocycles. The Morgan fingerprint density at radius 1 is 1.29 bits per heavy atom. The summed E-state index contributed by atoms with van der Waals surface area (Å²) < 4.78 is 0. The van der Waals surface area contributed by atoms with E-state index in [0.29, 0.717) is 5.78 Å².